The topological polar surface area (TPSA) is 70.0 Å². The highest BCUT2D eigenvalue weighted by atomic mass is 16.5. The SMILES string of the molecule is CC1(C)c2ccccc2C2(c3ccccc3Oc3ccc(-c4nc(-c5ccccc5)cc(-c5cccc(-c6cccc(-c7cccc(-c8ccc(-c9cc(-c%10ccc(-c%11ccccc%11)cc%10)nc(-c%10cccc%11c%10Oc%10ccccc%10C%11%10c%11ccccc%11C(C)(C)c%11ccccc%11%10)n9)cc8)c7)c6)c5)n4)cc32)c2ccccc21. The first-order chi connectivity index (χ1) is 55.0. The first-order valence-electron chi connectivity index (χ1n) is 38.6. The Kier molecular flexibility index (Phi) is 15.3. The van der Waals surface area contributed by atoms with Gasteiger partial charge in [0.05, 0.1) is 39.2 Å². The maximum absolute atomic E-state index is 7.28. The van der Waals surface area contributed by atoms with Crippen molar-refractivity contribution in [1.82, 2.24) is 19.9 Å². The summed E-state index contributed by atoms with van der Waals surface area (Å²) in [6.07, 6.45) is 0. The smallest absolute Gasteiger partial charge is 0.164 e. The monoisotopic (exact) mass is 1430 g/mol. The molecule has 4 aliphatic rings. The molecule has 530 valence electrons. The van der Waals surface area contributed by atoms with Gasteiger partial charge in [-0.25, -0.2) is 19.9 Å². The van der Waals surface area contributed by atoms with Crippen LogP contribution in [0.3, 0.4) is 0 Å². The summed E-state index contributed by atoms with van der Waals surface area (Å²) in [6, 6.07) is 135. The second-order valence-electron chi connectivity index (χ2n) is 31.1. The average molecular weight is 1440 g/mol. The van der Waals surface area contributed by atoms with Gasteiger partial charge in [0.15, 0.2) is 11.6 Å². The van der Waals surface area contributed by atoms with Gasteiger partial charge in [-0.05, 0) is 156 Å². The molecule has 6 heteroatoms. The molecule has 21 rings (SSSR count). The van der Waals surface area contributed by atoms with Crippen molar-refractivity contribution < 1.29 is 9.47 Å². The minimum absolute atomic E-state index is 0.249. The predicted octanol–water partition coefficient (Wildman–Crippen LogP) is 26.2. The zero-order chi connectivity index (χ0) is 74.9. The first-order valence-corrected chi connectivity index (χ1v) is 38.6. The zero-order valence-electron chi connectivity index (χ0n) is 62.4. The van der Waals surface area contributed by atoms with E-state index in [1.807, 2.05) is 6.07 Å². The van der Waals surface area contributed by atoms with Gasteiger partial charge in [0, 0.05) is 60.9 Å². The van der Waals surface area contributed by atoms with Gasteiger partial charge in [0.1, 0.15) is 23.0 Å². The van der Waals surface area contributed by atoms with Crippen molar-refractivity contribution in [2.45, 2.75) is 49.4 Å². The Morgan fingerprint density at radius 3 is 0.964 bits per heavy atom. The molecule has 2 aliphatic heterocycles. The van der Waals surface area contributed by atoms with Crippen molar-refractivity contribution in [3.63, 3.8) is 0 Å². The van der Waals surface area contributed by atoms with Crippen LogP contribution in [0.1, 0.15) is 94.5 Å². The van der Waals surface area contributed by atoms with E-state index in [2.05, 4.69) is 398 Å². The summed E-state index contributed by atoms with van der Waals surface area (Å²) < 4.78 is 14.2. The lowest BCUT2D eigenvalue weighted by Gasteiger charge is -2.50. The number of nitrogens with zero attached hydrogens (tertiary/aromatic N) is 4. The normalized spacial score (nSPS) is 14.3. The fourth-order valence-electron chi connectivity index (χ4n) is 18.8. The maximum Gasteiger partial charge on any atom is 0.164 e. The summed E-state index contributed by atoms with van der Waals surface area (Å²) in [5, 5.41) is 0. The summed E-state index contributed by atoms with van der Waals surface area (Å²) >= 11 is 0. The third-order valence-corrected chi connectivity index (χ3v) is 24.2. The summed E-state index contributed by atoms with van der Waals surface area (Å²) in [4.78, 5) is 22.0. The summed E-state index contributed by atoms with van der Waals surface area (Å²) in [7, 11) is 0. The zero-order valence-corrected chi connectivity index (χ0v) is 62.4. The Bertz CT molecular complexity index is 6540. The van der Waals surface area contributed by atoms with Crippen molar-refractivity contribution in [3.05, 3.63) is 443 Å². The van der Waals surface area contributed by atoms with Crippen LogP contribution in [0.15, 0.2) is 376 Å². The molecule has 2 aliphatic carbocycles. The van der Waals surface area contributed by atoms with Gasteiger partial charge in [-0.1, -0.05) is 337 Å². The number of ether oxygens (including phenoxy) is 2. The van der Waals surface area contributed by atoms with Crippen LogP contribution >= 0.6 is 0 Å². The number of benzene rings is 15. The third-order valence-electron chi connectivity index (χ3n) is 24.2. The molecule has 0 radical (unpaired) electrons. The second-order valence-corrected chi connectivity index (χ2v) is 31.1. The molecular formula is C106H74N4O2. The van der Waals surface area contributed by atoms with E-state index in [0.717, 1.165) is 146 Å². The highest BCUT2D eigenvalue weighted by Crippen LogP contribution is 2.64. The fourth-order valence-corrected chi connectivity index (χ4v) is 18.8. The van der Waals surface area contributed by atoms with Crippen molar-refractivity contribution in [2.75, 3.05) is 0 Å². The van der Waals surface area contributed by atoms with Crippen molar-refractivity contribution in [1.29, 1.82) is 0 Å². The molecule has 0 bridgehead atoms. The van der Waals surface area contributed by atoms with Gasteiger partial charge in [0.2, 0.25) is 0 Å². The molecule has 112 heavy (non-hydrogen) atoms. The summed E-state index contributed by atoms with van der Waals surface area (Å²) in [6.45, 7) is 9.41. The maximum atomic E-state index is 7.28. The molecule has 0 saturated carbocycles. The lowest BCUT2D eigenvalue weighted by molar-refractivity contribution is 0.425. The molecule has 2 aromatic heterocycles. The largest absolute Gasteiger partial charge is 0.457 e. The van der Waals surface area contributed by atoms with E-state index in [1.165, 1.54) is 44.5 Å². The molecule has 15 aromatic carbocycles. The Hall–Kier alpha value is -13.9. The minimum atomic E-state index is -0.698. The molecule has 2 spiro atoms. The van der Waals surface area contributed by atoms with Gasteiger partial charge in [0.25, 0.3) is 0 Å². The van der Waals surface area contributed by atoms with E-state index in [4.69, 9.17) is 29.4 Å². The van der Waals surface area contributed by atoms with E-state index in [1.54, 1.807) is 0 Å². The van der Waals surface area contributed by atoms with Crippen molar-refractivity contribution >= 4 is 0 Å². The molecule has 0 saturated heterocycles. The van der Waals surface area contributed by atoms with Gasteiger partial charge in [-0.15, -0.1) is 0 Å². The van der Waals surface area contributed by atoms with Crippen LogP contribution in [0, 0.1) is 0 Å². The van der Waals surface area contributed by atoms with E-state index in [0.29, 0.717) is 11.6 Å². The number of fused-ring (bicyclic) bond motifs is 16. The Labute approximate surface area is 652 Å². The molecule has 0 fully saturated rings. The minimum Gasteiger partial charge on any atom is -0.457 e. The van der Waals surface area contributed by atoms with E-state index >= 15 is 0 Å². The quantitative estimate of drug-likeness (QED) is 0.136. The van der Waals surface area contributed by atoms with E-state index in [-0.39, 0.29) is 10.8 Å². The highest BCUT2D eigenvalue weighted by Gasteiger charge is 2.55. The van der Waals surface area contributed by atoms with Crippen molar-refractivity contribution in [2.24, 2.45) is 0 Å². The Morgan fingerprint density at radius 2 is 0.482 bits per heavy atom. The third kappa shape index (κ3) is 10.4. The number of hydrogen-bond donors (Lipinski definition) is 0. The Morgan fingerprint density at radius 1 is 0.188 bits per heavy atom. The molecule has 17 aromatic rings. The highest BCUT2D eigenvalue weighted by molar-refractivity contribution is 5.86. The Balaban J connectivity index is 0.624. The van der Waals surface area contributed by atoms with Crippen LogP contribution in [0.4, 0.5) is 0 Å². The van der Waals surface area contributed by atoms with E-state index in [9.17, 15) is 0 Å². The molecule has 0 amide bonds. The van der Waals surface area contributed by atoms with Crippen LogP contribution in [0.5, 0.6) is 23.0 Å². The van der Waals surface area contributed by atoms with Gasteiger partial charge < -0.3 is 9.47 Å². The molecule has 0 atom stereocenters. The number of rotatable bonds is 10. The number of hydrogen-bond acceptors (Lipinski definition) is 6. The number of para-hydroxylation sites is 3. The van der Waals surface area contributed by atoms with Gasteiger partial charge in [-0.3, -0.25) is 0 Å². The van der Waals surface area contributed by atoms with Gasteiger partial charge in [-0.2, -0.15) is 0 Å². The molecule has 0 N–H and O–H groups in total. The lowest BCUT2D eigenvalue weighted by atomic mass is 9.53. The molecular weight excluding hydrogens is 1360 g/mol. The van der Waals surface area contributed by atoms with E-state index < -0.39 is 10.8 Å². The second kappa shape index (κ2) is 25.9. The van der Waals surface area contributed by atoms with Crippen LogP contribution in [0.2, 0.25) is 0 Å². The molecule has 0 unspecified atom stereocenters. The fraction of sp³-hybridized carbons (Fsp3) is 0.0755. The summed E-state index contributed by atoms with van der Waals surface area (Å²) in [5.74, 6) is 4.44. The molecule has 6 nitrogen and oxygen atoms in total. The first kappa shape index (κ1) is 66.3. The van der Waals surface area contributed by atoms with Crippen LogP contribution < -0.4 is 9.47 Å². The van der Waals surface area contributed by atoms with Crippen molar-refractivity contribution in [3.8, 4) is 135 Å². The predicted molar refractivity (Wildman–Crippen MR) is 453 cm³/mol. The van der Waals surface area contributed by atoms with Crippen LogP contribution in [0.25, 0.3) is 112 Å². The van der Waals surface area contributed by atoms with Crippen LogP contribution in [-0.4, -0.2) is 19.9 Å². The standard InChI is InChI=1S/C106H74N4O2/c1-103(2)81-38-11-15-42-85(81)105(86-43-16-12-39-82(86)103)90-47-20-22-50-98(90)112-100-80(37-26-48-91(100)105)102-109-94(71-55-51-68(52-56-71)67-27-7-5-8-28-67)65-95(110-102)72-57-53-69(54-58-72)73-31-23-32-74(61-73)75-33-24-34-76(62-75)77-35-25-36-78(63-77)96-66-93(70-29-9-6-10-30-70)107-101(108-96)79-59-60-99-92(64-79)106(89-46-19-21-49-97(89)111-99)87-44-17-13-40-83(87)104(3,4)84-41-14-18-45-88(84)106/h5-66H,1-4H3. The van der Waals surface area contributed by atoms with Gasteiger partial charge >= 0.3 is 0 Å². The lowest BCUT2D eigenvalue weighted by Crippen LogP contribution is -2.43. The molecule has 4 heterocycles. The average Bonchev–Trinajstić information content (AvgIpc) is 0.682. The summed E-state index contributed by atoms with van der Waals surface area (Å²) in [5.41, 5.74) is 30.4. The van der Waals surface area contributed by atoms with Crippen LogP contribution in [-0.2, 0) is 21.7 Å². The number of aromatic nitrogens is 4.